The van der Waals surface area contributed by atoms with Crippen molar-refractivity contribution in [2.24, 2.45) is 0 Å². The molecule has 3 heterocycles. The molecule has 0 bridgehead atoms. The van der Waals surface area contributed by atoms with Crippen LogP contribution in [0.5, 0.6) is 0 Å². The first-order valence-corrected chi connectivity index (χ1v) is 7.16. The van der Waals surface area contributed by atoms with Crippen molar-refractivity contribution in [1.82, 2.24) is 19.9 Å². The molecule has 0 radical (unpaired) electrons. The summed E-state index contributed by atoms with van der Waals surface area (Å²) in [5.74, 6) is 0.702. The second-order valence-electron chi connectivity index (χ2n) is 4.90. The second kappa shape index (κ2) is 4.86. The molecule has 3 rings (SSSR count). The van der Waals surface area contributed by atoms with E-state index in [1.54, 1.807) is 11.3 Å². The number of nitrogens with one attached hydrogen (secondary N) is 1. The average Bonchev–Trinajstić information content (AvgIpc) is 2.75. The Morgan fingerprint density at radius 2 is 2.32 bits per heavy atom. The lowest BCUT2D eigenvalue weighted by molar-refractivity contribution is 0.241. The molecule has 2 aromatic heterocycles. The fourth-order valence-corrected chi connectivity index (χ4v) is 3.24. The van der Waals surface area contributed by atoms with Crippen LogP contribution in [0, 0.1) is 13.8 Å². The molecule has 0 unspecified atom stereocenters. The molecule has 0 aromatic carbocycles. The molecular formula is C13H16N4OS. The number of thiazole rings is 1. The maximum atomic E-state index is 12.0. The molecule has 5 nitrogen and oxygen atoms in total. The van der Waals surface area contributed by atoms with E-state index in [2.05, 4.69) is 26.8 Å². The summed E-state index contributed by atoms with van der Waals surface area (Å²) in [6.07, 6.45) is 2.74. The SMILES string of the molecule is Cc1nc2c(c(=O)[nH]1)CN(Cc1ncc(C)s1)CC2. The molecule has 19 heavy (non-hydrogen) atoms. The van der Waals surface area contributed by atoms with Gasteiger partial charge in [0.05, 0.1) is 17.8 Å². The number of rotatable bonds is 2. The van der Waals surface area contributed by atoms with Gasteiger partial charge in [-0.15, -0.1) is 11.3 Å². The van der Waals surface area contributed by atoms with Crippen LogP contribution in [0.2, 0.25) is 0 Å². The van der Waals surface area contributed by atoms with Gasteiger partial charge in [-0.25, -0.2) is 9.97 Å². The van der Waals surface area contributed by atoms with E-state index in [0.29, 0.717) is 12.4 Å². The van der Waals surface area contributed by atoms with Crippen LogP contribution in [-0.2, 0) is 19.5 Å². The Hall–Kier alpha value is -1.53. The molecule has 0 aliphatic carbocycles. The summed E-state index contributed by atoms with van der Waals surface area (Å²) in [5, 5.41) is 1.11. The van der Waals surface area contributed by atoms with Crippen molar-refractivity contribution >= 4 is 11.3 Å². The van der Waals surface area contributed by atoms with E-state index in [4.69, 9.17) is 0 Å². The van der Waals surface area contributed by atoms with E-state index in [1.165, 1.54) is 4.88 Å². The normalized spacial score (nSPS) is 15.5. The van der Waals surface area contributed by atoms with Crippen molar-refractivity contribution in [3.05, 3.63) is 43.5 Å². The number of aromatic nitrogens is 3. The fourth-order valence-electron chi connectivity index (χ4n) is 2.41. The van der Waals surface area contributed by atoms with Crippen LogP contribution in [-0.4, -0.2) is 26.4 Å². The monoisotopic (exact) mass is 276 g/mol. The number of H-pyrrole nitrogens is 1. The number of aryl methyl sites for hydroxylation is 2. The molecule has 1 aliphatic rings. The van der Waals surface area contributed by atoms with Gasteiger partial charge in [-0.1, -0.05) is 0 Å². The van der Waals surface area contributed by atoms with Gasteiger partial charge in [0.25, 0.3) is 5.56 Å². The highest BCUT2D eigenvalue weighted by atomic mass is 32.1. The summed E-state index contributed by atoms with van der Waals surface area (Å²) in [6.45, 7) is 6.29. The van der Waals surface area contributed by atoms with Crippen LogP contribution in [0.3, 0.4) is 0 Å². The zero-order valence-corrected chi connectivity index (χ0v) is 11.9. The fraction of sp³-hybridized carbons (Fsp3) is 0.462. The molecular weight excluding hydrogens is 260 g/mol. The van der Waals surface area contributed by atoms with Crippen LogP contribution in [0.25, 0.3) is 0 Å². The number of hydrogen-bond donors (Lipinski definition) is 1. The second-order valence-corrected chi connectivity index (χ2v) is 6.22. The summed E-state index contributed by atoms with van der Waals surface area (Å²) in [4.78, 5) is 27.0. The smallest absolute Gasteiger partial charge is 0.255 e. The predicted molar refractivity (Wildman–Crippen MR) is 74.3 cm³/mol. The third-order valence-electron chi connectivity index (χ3n) is 3.29. The van der Waals surface area contributed by atoms with Gasteiger partial charge in [0, 0.05) is 30.6 Å². The summed E-state index contributed by atoms with van der Waals surface area (Å²) < 4.78 is 0. The zero-order chi connectivity index (χ0) is 13.4. The highest BCUT2D eigenvalue weighted by molar-refractivity contribution is 7.11. The third-order valence-corrected chi connectivity index (χ3v) is 4.19. The number of fused-ring (bicyclic) bond motifs is 1. The van der Waals surface area contributed by atoms with E-state index < -0.39 is 0 Å². The molecule has 0 amide bonds. The number of hydrogen-bond acceptors (Lipinski definition) is 5. The van der Waals surface area contributed by atoms with E-state index in [9.17, 15) is 4.79 Å². The van der Waals surface area contributed by atoms with Crippen molar-refractivity contribution in [3.63, 3.8) is 0 Å². The standard InChI is InChI=1S/C13H16N4OS/c1-8-5-14-12(19-8)7-17-4-3-11-10(6-17)13(18)16-9(2)15-11/h5H,3-4,6-7H2,1-2H3,(H,15,16,18). The van der Waals surface area contributed by atoms with Crippen molar-refractivity contribution < 1.29 is 0 Å². The first kappa shape index (κ1) is 12.5. The Morgan fingerprint density at radius 1 is 1.47 bits per heavy atom. The van der Waals surface area contributed by atoms with Gasteiger partial charge in [0.1, 0.15) is 10.8 Å². The Bertz CT molecular complexity index is 661. The number of nitrogens with zero attached hydrogens (tertiary/aromatic N) is 3. The Kier molecular flexibility index (Phi) is 3.20. The first-order valence-electron chi connectivity index (χ1n) is 6.34. The lowest BCUT2D eigenvalue weighted by Gasteiger charge is -2.26. The van der Waals surface area contributed by atoms with Crippen LogP contribution < -0.4 is 5.56 Å². The van der Waals surface area contributed by atoms with Crippen LogP contribution in [0.15, 0.2) is 11.0 Å². The molecule has 6 heteroatoms. The molecule has 1 N–H and O–H groups in total. The van der Waals surface area contributed by atoms with Gasteiger partial charge in [0.2, 0.25) is 0 Å². The van der Waals surface area contributed by atoms with E-state index >= 15 is 0 Å². The van der Waals surface area contributed by atoms with E-state index in [1.807, 2.05) is 13.1 Å². The van der Waals surface area contributed by atoms with Crippen LogP contribution in [0.4, 0.5) is 0 Å². The highest BCUT2D eigenvalue weighted by Gasteiger charge is 2.21. The van der Waals surface area contributed by atoms with Crippen molar-refractivity contribution in [2.45, 2.75) is 33.4 Å². The first-order chi connectivity index (χ1) is 9.11. The average molecular weight is 276 g/mol. The van der Waals surface area contributed by atoms with E-state index in [0.717, 1.165) is 35.8 Å². The van der Waals surface area contributed by atoms with Crippen molar-refractivity contribution in [2.75, 3.05) is 6.54 Å². The molecule has 2 aromatic rings. The van der Waals surface area contributed by atoms with Crippen molar-refractivity contribution in [1.29, 1.82) is 0 Å². The Balaban J connectivity index is 1.80. The lowest BCUT2D eigenvalue weighted by atomic mass is 10.1. The Labute approximate surface area is 115 Å². The molecule has 0 atom stereocenters. The maximum Gasteiger partial charge on any atom is 0.255 e. The zero-order valence-electron chi connectivity index (χ0n) is 11.1. The maximum absolute atomic E-state index is 12.0. The van der Waals surface area contributed by atoms with Gasteiger partial charge >= 0.3 is 0 Å². The summed E-state index contributed by atoms with van der Waals surface area (Å²) in [5.41, 5.74) is 1.76. The van der Waals surface area contributed by atoms with Gasteiger partial charge in [-0.3, -0.25) is 9.69 Å². The van der Waals surface area contributed by atoms with Gasteiger partial charge in [-0.2, -0.15) is 0 Å². The minimum atomic E-state index is 0.00233. The molecule has 0 fully saturated rings. The molecule has 1 aliphatic heterocycles. The minimum absolute atomic E-state index is 0.00233. The largest absolute Gasteiger partial charge is 0.310 e. The Morgan fingerprint density at radius 3 is 3.05 bits per heavy atom. The molecule has 100 valence electrons. The molecule has 0 spiro atoms. The predicted octanol–water partition coefficient (Wildman–Crippen LogP) is 1.40. The van der Waals surface area contributed by atoms with E-state index in [-0.39, 0.29) is 5.56 Å². The van der Waals surface area contributed by atoms with Crippen LogP contribution in [0.1, 0.15) is 27.0 Å². The van der Waals surface area contributed by atoms with Crippen LogP contribution >= 0.6 is 11.3 Å². The molecule has 0 saturated heterocycles. The van der Waals surface area contributed by atoms with Gasteiger partial charge in [0.15, 0.2) is 0 Å². The quantitative estimate of drug-likeness (QED) is 0.900. The van der Waals surface area contributed by atoms with Crippen molar-refractivity contribution in [3.8, 4) is 0 Å². The summed E-state index contributed by atoms with van der Waals surface area (Å²) in [6, 6.07) is 0. The molecule has 0 saturated carbocycles. The third kappa shape index (κ3) is 2.59. The number of aromatic amines is 1. The topological polar surface area (TPSA) is 61.9 Å². The minimum Gasteiger partial charge on any atom is -0.310 e. The summed E-state index contributed by atoms with van der Waals surface area (Å²) >= 11 is 1.71. The lowest BCUT2D eigenvalue weighted by Crippen LogP contribution is -2.35. The van der Waals surface area contributed by atoms with Gasteiger partial charge < -0.3 is 4.98 Å². The van der Waals surface area contributed by atoms with Gasteiger partial charge in [-0.05, 0) is 13.8 Å². The summed E-state index contributed by atoms with van der Waals surface area (Å²) in [7, 11) is 0. The highest BCUT2D eigenvalue weighted by Crippen LogP contribution is 2.18.